The third kappa shape index (κ3) is 6.84. The Kier molecular flexibility index (Phi) is 9.46. The first kappa shape index (κ1) is 27.2. The van der Waals surface area contributed by atoms with E-state index >= 15 is 0 Å². The van der Waals surface area contributed by atoms with Crippen LogP contribution in [0, 0.1) is 11.8 Å². The van der Waals surface area contributed by atoms with Crippen LogP contribution in [0.5, 0.6) is 5.75 Å². The topological polar surface area (TPSA) is 139 Å². The molecule has 1 unspecified atom stereocenters. The van der Waals surface area contributed by atoms with E-state index in [9.17, 15) is 19.2 Å². The molecule has 3 amide bonds. The molecule has 0 radical (unpaired) electrons. The highest BCUT2D eigenvalue weighted by atomic mass is 16.5. The first-order chi connectivity index (χ1) is 17.2. The summed E-state index contributed by atoms with van der Waals surface area (Å²) in [5.41, 5.74) is 1.04. The molecule has 10 heteroatoms. The van der Waals surface area contributed by atoms with E-state index in [2.05, 4.69) is 20.9 Å². The van der Waals surface area contributed by atoms with E-state index in [1.54, 1.807) is 19.2 Å². The van der Waals surface area contributed by atoms with Crippen molar-refractivity contribution < 1.29 is 28.7 Å². The normalized spacial score (nSPS) is 17.0. The van der Waals surface area contributed by atoms with Gasteiger partial charge in [-0.25, -0.2) is 0 Å². The maximum atomic E-state index is 13.3. The van der Waals surface area contributed by atoms with Gasteiger partial charge in [0.2, 0.25) is 11.8 Å². The lowest BCUT2D eigenvalue weighted by Crippen LogP contribution is -2.53. The maximum Gasteiger partial charge on any atom is 0.268 e. The van der Waals surface area contributed by atoms with Gasteiger partial charge in [0.25, 0.3) is 5.91 Å². The molecule has 0 saturated carbocycles. The molecule has 1 fully saturated rings. The molecule has 10 nitrogen and oxygen atoms in total. The number of benzene rings is 1. The standard InChI is InChI=1S/C26H36N4O6/c1-15(2)8-9-19(29-26(34)21-13-17-18(28-21)6-5-7-23(17)36-4)25(33)30-20(22(31)14-35-3)12-16-10-11-27-24(16)32/h5-7,13,15-16,19-20,28H,8-12,14H2,1-4H3,(H,27,32)(H,29,34)(H,30,33)/t16?,19-,20-/m0/s1. The smallest absolute Gasteiger partial charge is 0.268 e. The van der Waals surface area contributed by atoms with Crippen LogP contribution in [-0.4, -0.2) is 67.9 Å². The number of Topliss-reactive ketones (excluding diaryl/α,β-unsaturated/α-hetero) is 1. The van der Waals surface area contributed by atoms with Crippen LogP contribution in [0.1, 0.15) is 50.0 Å². The SMILES string of the molecule is COCC(=O)[C@H](CC1CCNC1=O)NC(=O)[C@H](CCC(C)C)NC(=O)c1cc2c(OC)cccc2[nH]1. The fraction of sp³-hybridized carbons (Fsp3) is 0.538. The van der Waals surface area contributed by atoms with E-state index < -0.39 is 23.9 Å². The number of fused-ring (bicyclic) bond motifs is 1. The average Bonchev–Trinajstić information content (AvgIpc) is 3.47. The summed E-state index contributed by atoms with van der Waals surface area (Å²) in [6.45, 7) is 4.43. The Morgan fingerprint density at radius 1 is 1.11 bits per heavy atom. The minimum absolute atomic E-state index is 0.127. The van der Waals surface area contributed by atoms with E-state index in [4.69, 9.17) is 9.47 Å². The molecule has 3 atom stereocenters. The zero-order valence-corrected chi connectivity index (χ0v) is 21.3. The molecule has 1 saturated heterocycles. The van der Waals surface area contributed by atoms with Gasteiger partial charge in [0, 0.05) is 30.5 Å². The quantitative estimate of drug-likeness (QED) is 0.332. The zero-order valence-electron chi connectivity index (χ0n) is 21.3. The lowest BCUT2D eigenvalue weighted by molar-refractivity contribution is -0.132. The number of rotatable bonds is 13. The molecular formula is C26H36N4O6. The lowest BCUT2D eigenvalue weighted by Gasteiger charge is -2.24. The largest absolute Gasteiger partial charge is 0.496 e. The Hall–Kier alpha value is -3.40. The molecule has 1 aliphatic heterocycles. The van der Waals surface area contributed by atoms with Crippen molar-refractivity contribution in [2.75, 3.05) is 27.4 Å². The maximum absolute atomic E-state index is 13.3. The molecule has 1 aromatic heterocycles. The first-order valence-corrected chi connectivity index (χ1v) is 12.3. The summed E-state index contributed by atoms with van der Waals surface area (Å²) < 4.78 is 10.3. The molecule has 0 bridgehead atoms. The number of aromatic amines is 1. The van der Waals surface area contributed by atoms with Crippen molar-refractivity contribution in [3.05, 3.63) is 30.0 Å². The van der Waals surface area contributed by atoms with Crippen molar-refractivity contribution >= 4 is 34.4 Å². The highest BCUT2D eigenvalue weighted by molar-refractivity contribution is 6.02. The van der Waals surface area contributed by atoms with Gasteiger partial charge >= 0.3 is 0 Å². The van der Waals surface area contributed by atoms with E-state index in [1.165, 1.54) is 7.11 Å². The highest BCUT2D eigenvalue weighted by Gasteiger charge is 2.33. The fourth-order valence-corrected chi connectivity index (χ4v) is 4.37. The molecular weight excluding hydrogens is 464 g/mol. The van der Waals surface area contributed by atoms with Gasteiger partial charge < -0.3 is 30.4 Å². The highest BCUT2D eigenvalue weighted by Crippen LogP contribution is 2.26. The molecule has 2 heterocycles. The number of carbonyl (C=O) groups excluding carboxylic acids is 4. The summed E-state index contributed by atoms with van der Waals surface area (Å²) in [5, 5.41) is 9.11. The van der Waals surface area contributed by atoms with Crippen LogP contribution in [0.15, 0.2) is 24.3 Å². The summed E-state index contributed by atoms with van der Waals surface area (Å²) >= 11 is 0. The second-order valence-corrected chi connectivity index (χ2v) is 9.57. The molecule has 196 valence electrons. The molecule has 3 rings (SSSR count). The number of ether oxygens (including phenoxy) is 2. The van der Waals surface area contributed by atoms with Crippen molar-refractivity contribution in [3.63, 3.8) is 0 Å². The summed E-state index contributed by atoms with van der Waals surface area (Å²) in [4.78, 5) is 54.3. The minimum atomic E-state index is -0.887. The summed E-state index contributed by atoms with van der Waals surface area (Å²) in [6.07, 6.45) is 1.88. The minimum Gasteiger partial charge on any atom is -0.496 e. The number of aromatic nitrogens is 1. The van der Waals surface area contributed by atoms with E-state index in [1.807, 2.05) is 26.0 Å². The van der Waals surface area contributed by atoms with Crippen molar-refractivity contribution in [2.45, 2.75) is 51.6 Å². The Morgan fingerprint density at radius 2 is 1.89 bits per heavy atom. The van der Waals surface area contributed by atoms with Crippen LogP contribution < -0.4 is 20.7 Å². The van der Waals surface area contributed by atoms with Crippen LogP contribution in [0.25, 0.3) is 10.9 Å². The fourth-order valence-electron chi connectivity index (χ4n) is 4.37. The number of hydrogen-bond acceptors (Lipinski definition) is 6. The lowest BCUT2D eigenvalue weighted by atomic mass is 9.95. The van der Waals surface area contributed by atoms with E-state index in [0.29, 0.717) is 43.2 Å². The Balaban J connectivity index is 1.77. The van der Waals surface area contributed by atoms with Crippen LogP contribution in [0.3, 0.4) is 0 Å². The van der Waals surface area contributed by atoms with Crippen molar-refractivity contribution in [1.29, 1.82) is 0 Å². The third-order valence-corrected chi connectivity index (χ3v) is 6.42. The van der Waals surface area contributed by atoms with Crippen LogP contribution in [0.2, 0.25) is 0 Å². The van der Waals surface area contributed by atoms with Gasteiger partial charge in [-0.3, -0.25) is 19.2 Å². The van der Waals surface area contributed by atoms with Crippen molar-refractivity contribution in [1.82, 2.24) is 20.9 Å². The number of hydrogen-bond donors (Lipinski definition) is 4. The molecule has 2 aromatic rings. The van der Waals surface area contributed by atoms with Gasteiger partial charge in [-0.05, 0) is 49.8 Å². The molecule has 0 spiro atoms. The van der Waals surface area contributed by atoms with Gasteiger partial charge in [-0.1, -0.05) is 19.9 Å². The second kappa shape index (κ2) is 12.5. The van der Waals surface area contributed by atoms with Crippen LogP contribution in [0.4, 0.5) is 0 Å². The van der Waals surface area contributed by atoms with Gasteiger partial charge in [0.1, 0.15) is 24.1 Å². The molecule has 1 aliphatic rings. The van der Waals surface area contributed by atoms with E-state index in [0.717, 1.165) is 10.9 Å². The molecule has 1 aromatic carbocycles. The monoisotopic (exact) mass is 500 g/mol. The van der Waals surface area contributed by atoms with Crippen molar-refractivity contribution in [3.8, 4) is 5.75 Å². The van der Waals surface area contributed by atoms with Crippen molar-refractivity contribution in [2.24, 2.45) is 11.8 Å². The number of ketones is 1. The predicted molar refractivity (Wildman–Crippen MR) is 135 cm³/mol. The van der Waals surface area contributed by atoms with Gasteiger partial charge in [-0.2, -0.15) is 0 Å². The molecule has 36 heavy (non-hydrogen) atoms. The number of nitrogens with one attached hydrogen (secondary N) is 4. The average molecular weight is 501 g/mol. The summed E-state index contributed by atoms with van der Waals surface area (Å²) in [5.74, 6) is -0.769. The number of amides is 3. The van der Waals surface area contributed by atoms with Crippen LogP contribution in [-0.2, 0) is 19.1 Å². The molecule has 0 aliphatic carbocycles. The zero-order chi connectivity index (χ0) is 26.2. The number of methoxy groups -OCH3 is 2. The number of carbonyl (C=O) groups is 4. The van der Waals surface area contributed by atoms with Gasteiger partial charge in [0.15, 0.2) is 5.78 Å². The first-order valence-electron chi connectivity index (χ1n) is 12.3. The second-order valence-electron chi connectivity index (χ2n) is 9.57. The van der Waals surface area contributed by atoms with Gasteiger partial charge in [-0.15, -0.1) is 0 Å². The Morgan fingerprint density at radius 3 is 2.53 bits per heavy atom. The Bertz CT molecular complexity index is 1100. The molecule has 4 N–H and O–H groups in total. The van der Waals surface area contributed by atoms with Crippen LogP contribution >= 0.6 is 0 Å². The van der Waals surface area contributed by atoms with Gasteiger partial charge in [0.05, 0.1) is 13.2 Å². The number of H-pyrrole nitrogens is 1. The summed E-state index contributed by atoms with van der Waals surface area (Å²) in [6, 6.07) is 5.40. The summed E-state index contributed by atoms with van der Waals surface area (Å²) in [7, 11) is 2.96. The third-order valence-electron chi connectivity index (χ3n) is 6.42. The Labute approximate surface area is 210 Å². The van der Waals surface area contributed by atoms with E-state index in [-0.39, 0.29) is 30.6 Å². The predicted octanol–water partition coefficient (Wildman–Crippen LogP) is 1.94.